The Morgan fingerprint density at radius 3 is 2.56 bits per heavy atom. The van der Waals surface area contributed by atoms with Crippen LogP contribution in [0.5, 0.6) is 0 Å². The zero-order valence-corrected chi connectivity index (χ0v) is 10.7. The van der Waals surface area contributed by atoms with Crippen LogP contribution in [-0.4, -0.2) is 11.7 Å². The van der Waals surface area contributed by atoms with Gasteiger partial charge >= 0.3 is 0 Å². The molecule has 0 saturated carbocycles. The van der Waals surface area contributed by atoms with Gasteiger partial charge in [-0.3, -0.25) is 0 Å². The fourth-order valence-corrected chi connectivity index (χ4v) is 1.80. The van der Waals surface area contributed by atoms with Crippen LogP contribution in [0.1, 0.15) is 24.4 Å². The van der Waals surface area contributed by atoms with Gasteiger partial charge in [-0.15, -0.1) is 12.4 Å². The van der Waals surface area contributed by atoms with Gasteiger partial charge in [0, 0.05) is 18.2 Å². The summed E-state index contributed by atoms with van der Waals surface area (Å²) in [5.41, 5.74) is 5.98. The first kappa shape index (κ1) is 15.9. The van der Waals surface area contributed by atoms with Gasteiger partial charge in [0.2, 0.25) is 0 Å². The van der Waals surface area contributed by atoms with Crippen LogP contribution in [0, 0.1) is 5.82 Å². The molecule has 0 unspecified atom stereocenters. The Hall–Kier alpha value is -0.0600. The van der Waals surface area contributed by atoms with Gasteiger partial charge < -0.3 is 10.8 Å². The Morgan fingerprint density at radius 1 is 1.38 bits per heavy atom. The number of benzene rings is 1. The fourth-order valence-electron chi connectivity index (χ4n) is 1.34. The van der Waals surface area contributed by atoms with Crippen molar-refractivity contribution in [2.24, 2.45) is 5.73 Å². The van der Waals surface area contributed by atoms with Crippen molar-refractivity contribution in [3.8, 4) is 0 Å². The normalized spacial score (nSPS) is 12.1. The lowest BCUT2D eigenvalue weighted by Crippen LogP contribution is -2.13. The minimum atomic E-state index is -0.539. The summed E-state index contributed by atoms with van der Waals surface area (Å²) < 4.78 is 13.4. The Bertz CT molecular complexity index is 349. The molecule has 0 aliphatic rings. The van der Waals surface area contributed by atoms with E-state index in [-0.39, 0.29) is 34.6 Å². The molecule has 0 aromatic heterocycles. The number of halogens is 4. The first-order chi connectivity index (χ1) is 7.07. The van der Waals surface area contributed by atoms with Crippen molar-refractivity contribution in [2.75, 3.05) is 6.61 Å². The van der Waals surface area contributed by atoms with Crippen molar-refractivity contribution in [3.05, 3.63) is 33.6 Å². The zero-order valence-electron chi connectivity index (χ0n) is 8.42. The maximum absolute atomic E-state index is 13.4. The number of aliphatic hydroxyl groups excluding tert-OH is 1. The van der Waals surface area contributed by atoms with E-state index in [1.807, 2.05) is 0 Å². The molecule has 1 aromatic carbocycles. The fraction of sp³-hybridized carbons (Fsp3) is 0.400. The second-order valence-electron chi connectivity index (χ2n) is 3.23. The van der Waals surface area contributed by atoms with Crippen molar-refractivity contribution >= 4 is 35.6 Å². The van der Waals surface area contributed by atoms with Gasteiger partial charge in [-0.25, -0.2) is 4.39 Å². The Kier molecular flexibility index (Phi) is 7.27. The molecular formula is C10H13Cl3FNO. The van der Waals surface area contributed by atoms with E-state index in [9.17, 15) is 4.39 Å². The number of rotatable bonds is 4. The summed E-state index contributed by atoms with van der Waals surface area (Å²) in [6, 6.07) is 2.09. The third kappa shape index (κ3) is 3.75. The van der Waals surface area contributed by atoms with Crippen LogP contribution in [0.15, 0.2) is 12.1 Å². The lowest BCUT2D eigenvalue weighted by atomic mass is 10.0. The van der Waals surface area contributed by atoms with Gasteiger partial charge in [0.15, 0.2) is 0 Å². The summed E-state index contributed by atoms with van der Waals surface area (Å²) in [4.78, 5) is 0. The molecule has 0 bridgehead atoms. The molecule has 92 valence electrons. The predicted octanol–water partition coefficient (Wildman–Crippen LogP) is 3.33. The van der Waals surface area contributed by atoms with Gasteiger partial charge in [0.25, 0.3) is 0 Å². The van der Waals surface area contributed by atoms with Crippen molar-refractivity contribution in [2.45, 2.75) is 18.9 Å². The van der Waals surface area contributed by atoms with Crippen LogP contribution < -0.4 is 5.73 Å². The smallest absolute Gasteiger partial charge is 0.129 e. The quantitative estimate of drug-likeness (QED) is 0.835. The molecule has 0 spiro atoms. The number of nitrogens with two attached hydrogens (primary N) is 1. The van der Waals surface area contributed by atoms with Crippen molar-refractivity contribution < 1.29 is 9.50 Å². The Balaban J connectivity index is 0.00000225. The predicted molar refractivity (Wildman–Crippen MR) is 66.9 cm³/mol. The molecule has 0 saturated heterocycles. The SMILES string of the molecule is Cl.N[C@@H](CCCO)c1c(F)ccc(Cl)c1Cl. The number of aliphatic hydroxyl groups is 1. The molecule has 0 heterocycles. The van der Waals surface area contributed by atoms with E-state index in [1.165, 1.54) is 12.1 Å². The Morgan fingerprint density at radius 2 is 2.00 bits per heavy atom. The van der Waals surface area contributed by atoms with Crippen molar-refractivity contribution in [1.29, 1.82) is 0 Å². The maximum atomic E-state index is 13.4. The molecule has 6 heteroatoms. The molecule has 0 amide bonds. The van der Waals surface area contributed by atoms with Crippen LogP contribution in [0.25, 0.3) is 0 Å². The number of hydrogen-bond acceptors (Lipinski definition) is 2. The van der Waals surface area contributed by atoms with E-state index in [0.717, 1.165) is 0 Å². The molecule has 0 aliphatic heterocycles. The second kappa shape index (κ2) is 7.30. The summed E-state index contributed by atoms with van der Waals surface area (Å²) in [6.07, 6.45) is 0.969. The standard InChI is InChI=1S/C10H12Cl2FNO.ClH/c11-6-3-4-7(13)9(10(6)12)8(14)2-1-5-15;/h3-4,8,15H,1-2,5,14H2;1H/t8-;/m0./s1. The van der Waals surface area contributed by atoms with E-state index in [4.69, 9.17) is 34.0 Å². The molecule has 0 radical (unpaired) electrons. The van der Waals surface area contributed by atoms with E-state index in [0.29, 0.717) is 12.8 Å². The van der Waals surface area contributed by atoms with Gasteiger partial charge in [-0.05, 0) is 25.0 Å². The first-order valence-corrected chi connectivity index (χ1v) is 5.33. The second-order valence-corrected chi connectivity index (χ2v) is 4.01. The largest absolute Gasteiger partial charge is 0.396 e. The molecule has 16 heavy (non-hydrogen) atoms. The monoisotopic (exact) mass is 287 g/mol. The van der Waals surface area contributed by atoms with Crippen LogP contribution >= 0.6 is 35.6 Å². The molecule has 1 rings (SSSR count). The summed E-state index contributed by atoms with van der Waals surface area (Å²) in [7, 11) is 0. The molecular weight excluding hydrogens is 275 g/mol. The lowest BCUT2D eigenvalue weighted by Gasteiger charge is -2.14. The topological polar surface area (TPSA) is 46.2 Å². The minimum absolute atomic E-state index is 0. The van der Waals surface area contributed by atoms with Crippen LogP contribution in [0.2, 0.25) is 10.0 Å². The minimum Gasteiger partial charge on any atom is -0.396 e. The van der Waals surface area contributed by atoms with Crippen LogP contribution in [-0.2, 0) is 0 Å². The van der Waals surface area contributed by atoms with Gasteiger partial charge in [0.1, 0.15) is 5.82 Å². The summed E-state index contributed by atoms with van der Waals surface area (Å²) in [5, 5.41) is 9.09. The van der Waals surface area contributed by atoms with E-state index >= 15 is 0 Å². The average Bonchev–Trinajstić information content (AvgIpc) is 2.21. The highest BCUT2D eigenvalue weighted by atomic mass is 35.5. The average molecular weight is 289 g/mol. The highest BCUT2D eigenvalue weighted by molar-refractivity contribution is 6.42. The number of hydrogen-bond donors (Lipinski definition) is 2. The van der Waals surface area contributed by atoms with Crippen molar-refractivity contribution in [1.82, 2.24) is 0 Å². The van der Waals surface area contributed by atoms with Gasteiger partial charge in [0.05, 0.1) is 10.0 Å². The summed E-state index contributed by atoms with van der Waals surface area (Å²) in [5.74, 6) is -0.463. The maximum Gasteiger partial charge on any atom is 0.129 e. The molecule has 1 aromatic rings. The zero-order chi connectivity index (χ0) is 11.4. The molecule has 2 nitrogen and oxygen atoms in total. The molecule has 0 aliphatic carbocycles. The first-order valence-electron chi connectivity index (χ1n) is 4.57. The summed E-state index contributed by atoms with van der Waals surface area (Å²) >= 11 is 11.6. The van der Waals surface area contributed by atoms with E-state index < -0.39 is 11.9 Å². The van der Waals surface area contributed by atoms with Gasteiger partial charge in [-0.1, -0.05) is 23.2 Å². The highest BCUT2D eigenvalue weighted by Crippen LogP contribution is 2.32. The lowest BCUT2D eigenvalue weighted by molar-refractivity contribution is 0.279. The highest BCUT2D eigenvalue weighted by Gasteiger charge is 2.17. The third-order valence-corrected chi connectivity index (χ3v) is 2.94. The molecule has 3 N–H and O–H groups in total. The molecule has 0 fully saturated rings. The van der Waals surface area contributed by atoms with E-state index in [2.05, 4.69) is 0 Å². The van der Waals surface area contributed by atoms with Crippen LogP contribution in [0.4, 0.5) is 4.39 Å². The van der Waals surface area contributed by atoms with Gasteiger partial charge in [-0.2, -0.15) is 0 Å². The van der Waals surface area contributed by atoms with E-state index in [1.54, 1.807) is 0 Å². The summed E-state index contributed by atoms with van der Waals surface area (Å²) in [6.45, 7) is 0.0213. The molecule has 1 atom stereocenters. The third-order valence-electron chi connectivity index (χ3n) is 2.12. The van der Waals surface area contributed by atoms with Crippen LogP contribution in [0.3, 0.4) is 0 Å². The Labute approximate surface area is 110 Å². The van der Waals surface area contributed by atoms with Crippen molar-refractivity contribution in [3.63, 3.8) is 0 Å².